The van der Waals surface area contributed by atoms with Gasteiger partial charge >= 0.3 is 0 Å². The monoisotopic (exact) mass is 180 g/mol. The van der Waals surface area contributed by atoms with Gasteiger partial charge in [0.05, 0.1) is 5.75 Å². The normalized spacial score (nSPS) is 12.0. The molecule has 1 N–H and O–H groups in total. The zero-order chi connectivity index (χ0) is 9.07. The number of hydrogen-bond acceptors (Lipinski definition) is 3. The Balaban J connectivity index is 3.83. The van der Waals surface area contributed by atoms with Crippen LogP contribution in [0.3, 0.4) is 0 Å². The SMILES string of the molecule is CC(C)C(=O)CCS(=O)(=O)O. The number of hydrogen-bond donors (Lipinski definition) is 1. The van der Waals surface area contributed by atoms with Crippen LogP contribution in [0.15, 0.2) is 0 Å². The average Bonchev–Trinajstić information content (AvgIpc) is 1.80. The molecular formula is C6H12O4S. The molecule has 4 nitrogen and oxygen atoms in total. The molecule has 0 radical (unpaired) electrons. The molecule has 0 heterocycles. The molecule has 0 fully saturated rings. The first-order valence-corrected chi connectivity index (χ1v) is 4.91. The fraction of sp³-hybridized carbons (Fsp3) is 0.833. The van der Waals surface area contributed by atoms with Crippen LogP contribution < -0.4 is 0 Å². The molecule has 5 heteroatoms. The second-order valence-electron chi connectivity index (χ2n) is 2.66. The summed E-state index contributed by atoms with van der Waals surface area (Å²) < 4.78 is 28.6. The lowest BCUT2D eigenvalue weighted by Crippen LogP contribution is -2.13. The molecule has 0 aromatic carbocycles. The van der Waals surface area contributed by atoms with Crippen molar-refractivity contribution in [1.82, 2.24) is 0 Å². The lowest BCUT2D eigenvalue weighted by atomic mass is 10.1. The van der Waals surface area contributed by atoms with Gasteiger partial charge in [0.15, 0.2) is 0 Å². The molecule has 0 amide bonds. The van der Waals surface area contributed by atoms with Crippen molar-refractivity contribution in [2.45, 2.75) is 20.3 Å². The van der Waals surface area contributed by atoms with Crippen molar-refractivity contribution in [2.75, 3.05) is 5.75 Å². The van der Waals surface area contributed by atoms with E-state index in [4.69, 9.17) is 4.55 Å². The van der Waals surface area contributed by atoms with E-state index in [0.29, 0.717) is 0 Å². The number of ketones is 1. The fourth-order valence-electron chi connectivity index (χ4n) is 0.518. The zero-order valence-electron chi connectivity index (χ0n) is 6.57. The number of carbonyl (C=O) groups is 1. The summed E-state index contributed by atoms with van der Waals surface area (Å²) in [4.78, 5) is 10.8. The molecule has 0 saturated carbocycles. The van der Waals surface area contributed by atoms with Crippen LogP contribution in [0.4, 0.5) is 0 Å². The highest BCUT2D eigenvalue weighted by molar-refractivity contribution is 7.85. The van der Waals surface area contributed by atoms with Crippen molar-refractivity contribution in [2.24, 2.45) is 5.92 Å². The van der Waals surface area contributed by atoms with Crippen molar-refractivity contribution < 1.29 is 17.8 Å². The number of Topliss-reactive ketones (excluding diaryl/α,β-unsaturated/α-hetero) is 1. The van der Waals surface area contributed by atoms with Gasteiger partial charge in [0.1, 0.15) is 5.78 Å². The van der Waals surface area contributed by atoms with Crippen molar-refractivity contribution in [3.63, 3.8) is 0 Å². The quantitative estimate of drug-likeness (QED) is 0.639. The van der Waals surface area contributed by atoms with Crippen molar-refractivity contribution in [1.29, 1.82) is 0 Å². The van der Waals surface area contributed by atoms with Gasteiger partial charge in [-0.3, -0.25) is 9.35 Å². The molecule has 11 heavy (non-hydrogen) atoms. The minimum atomic E-state index is -3.97. The maximum atomic E-state index is 10.8. The summed E-state index contributed by atoms with van der Waals surface area (Å²) in [6.45, 7) is 3.37. The molecule has 0 saturated heterocycles. The van der Waals surface area contributed by atoms with Gasteiger partial charge in [-0.15, -0.1) is 0 Å². The molecule has 0 atom stereocenters. The standard InChI is InChI=1S/C6H12O4S/c1-5(2)6(7)3-4-11(8,9)10/h5H,3-4H2,1-2H3,(H,8,9,10). The molecule has 0 aromatic rings. The van der Waals surface area contributed by atoms with Gasteiger partial charge in [0.25, 0.3) is 10.1 Å². The third-order valence-electron chi connectivity index (χ3n) is 1.25. The third kappa shape index (κ3) is 6.00. The molecule has 0 bridgehead atoms. The molecule has 0 aliphatic rings. The summed E-state index contributed by atoms with van der Waals surface area (Å²) in [7, 11) is -3.97. The smallest absolute Gasteiger partial charge is 0.265 e. The molecule has 0 unspecified atom stereocenters. The second kappa shape index (κ2) is 3.82. The third-order valence-corrected chi connectivity index (χ3v) is 1.97. The Morgan fingerprint density at radius 3 is 2.18 bits per heavy atom. The molecule has 66 valence electrons. The predicted octanol–water partition coefficient (Wildman–Crippen LogP) is 0.489. The summed E-state index contributed by atoms with van der Waals surface area (Å²) in [5.41, 5.74) is 0. The van der Waals surface area contributed by atoms with Gasteiger partial charge in [-0.05, 0) is 0 Å². The van der Waals surface area contributed by atoms with E-state index in [9.17, 15) is 13.2 Å². The van der Waals surface area contributed by atoms with Crippen molar-refractivity contribution in [3.05, 3.63) is 0 Å². The van der Waals surface area contributed by atoms with Crippen LogP contribution in [0.25, 0.3) is 0 Å². The van der Waals surface area contributed by atoms with Crippen LogP contribution in [0.2, 0.25) is 0 Å². The number of carbonyl (C=O) groups excluding carboxylic acids is 1. The molecule has 0 aliphatic carbocycles. The summed E-state index contributed by atoms with van der Waals surface area (Å²) in [6, 6.07) is 0. The summed E-state index contributed by atoms with van der Waals surface area (Å²) >= 11 is 0. The lowest BCUT2D eigenvalue weighted by Gasteiger charge is -2.00. The molecular weight excluding hydrogens is 168 g/mol. The van der Waals surface area contributed by atoms with Crippen molar-refractivity contribution >= 4 is 15.9 Å². The highest BCUT2D eigenvalue weighted by Crippen LogP contribution is 1.99. The van der Waals surface area contributed by atoms with Gasteiger partial charge in [0.2, 0.25) is 0 Å². The van der Waals surface area contributed by atoms with Crippen LogP contribution in [-0.4, -0.2) is 24.5 Å². The Morgan fingerprint density at radius 2 is 1.91 bits per heavy atom. The van der Waals surface area contributed by atoms with Crippen LogP contribution in [-0.2, 0) is 14.9 Å². The van der Waals surface area contributed by atoms with Gasteiger partial charge in [0, 0.05) is 12.3 Å². The Bertz CT molecular complexity index is 227. The topological polar surface area (TPSA) is 71.4 Å². The van der Waals surface area contributed by atoms with E-state index < -0.39 is 15.9 Å². The van der Waals surface area contributed by atoms with Crippen LogP contribution >= 0.6 is 0 Å². The van der Waals surface area contributed by atoms with E-state index in [2.05, 4.69) is 0 Å². The predicted molar refractivity (Wildman–Crippen MR) is 40.9 cm³/mol. The van der Waals surface area contributed by atoms with E-state index in [1.54, 1.807) is 13.8 Å². The van der Waals surface area contributed by atoms with Crippen LogP contribution in [0.5, 0.6) is 0 Å². The van der Waals surface area contributed by atoms with Gasteiger partial charge in [-0.2, -0.15) is 8.42 Å². The first-order chi connectivity index (χ1) is 4.83. The van der Waals surface area contributed by atoms with E-state index in [-0.39, 0.29) is 18.1 Å². The fourth-order valence-corrected chi connectivity index (χ4v) is 0.977. The van der Waals surface area contributed by atoms with E-state index in [1.165, 1.54) is 0 Å². The highest BCUT2D eigenvalue weighted by Gasteiger charge is 2.11. The molecule has 0 spiro atoms. The number of rotatable bonds is 4. The van der Waals surface area contributed by atoms with Crippen LogP contribution in [0.1, 0.15) is 20.3 Å². The lowest BCUT2D eigenvalue weighted by molar-refractivity contribution is -0.121. The van der Waals surface area contributed by atoms with E-state index in [0.717, 1.165) is 0 Å². The minimum absolute atomic E-state index is 0.101. The van der Waals surface area contributed by atoms with Gasteiger partial charge in [-0.1, -0.05) is 13.8 Å². The zero-order valence-corrected chi connectivity index (χ0v) is 7.39. The Morgan fingerprint density at radius 1 is 1.45 bits per heavy atom. The largest absolute Gasteiger partial charge is 0.299 e. The first-order valence-electron chi connectivity index (χ1n) is 3.31. The molecule has 0 rings (SSSR count). The molecule has 0 aliphatic heterocycles. The van der Waals surface area contributed by atoms with Crippen LogP contribution in [0, 0.1) is 5.92 Å². The second-order valence-corrected chi connectivity index (χ2v) is 4.23. The Hall–Kier alpha value is -0.420. The van der Waals surface area contributed by atoms with Crippen molar-refractivity contribution in [3.8, 4) is 0 Å². The maximum absolute atomic E-state index is 10.8. The maximum Gasteiger partial charge on any atom is 0.265 e. The minimum Gasteiger partial charge on any atom is -0.299 e. The van der Waals surface area contributed by atoms with E-state index >= 15 is 0 Å². The molecule has 0 aromatic heterocycles. The van der Waals surface area contributed by atoms with Gasteiger partial charge in [-0.25, -0.2) is 0 Å². The summed E-state index contributed by atoms with van der Waals surface area (Å²) in [5, 5.41) is 0. The average molecular weight is 180 g/mol. The summed E-state index contributed by atoms with van der Waals surface area (Å²) in [5.74, 6) is -0.788. The Kier molecular flexibility index (Phi) is 3.68. The summed E-state index contributed by atoms with van der Waals surface area (Å²) in [6.07, 6.45) is -0.101. The van der Waals surface area contributed by atoms with E-state index in [1.807, 2.05) is 0 Å². The highest BCUT2D eigenvalue weighted by atomic mass is 32.2. The van der Waals surface area contributed by atoms with Gasteiger partial charge < -0.3 is 0 Å². The Labute approximate surface area is 66.4 Å². The first kappa shape index (κ1) is 10.6.